The van der Waals surface area contributed by atoms with Crippen molar-refractivity contribution in [3.63, 3.8) is 0 Å². The molecule has 4 heterocycles. The van der Waals surface area contributed by atoms with Crippen molar-refractivity contribution in [3.8, 4) is 23.2 Å². The van der Waals surface area contributed by atoms with Crippen LogP contribution in [0.3, 0.4) is 0 Å². The van der Waals surface area contributed by atoms with Crippen molar-refractivity contribution < 1.29 is 33.3 Å². The second kappa shape index (κ2) is 13.9. The zero-order valence-corrected chi connectivity index (χ0v) is 24.9. The quantitative estimate of drug-likeness (QED) is 0.311. The highest BCUT2D eigenvalue weighted by atomic mass is 19.1. The van der Waals surface area contributed by atoms with Crippen LogP contribution in [-0.4, -0.2) is 124 Å². The molecule has 3 N–H and O–H groups in total. The van der Waals surface area contributed by atoms with E-state index in [-0.39, 0.29) is 48.4 Å². The van der Waals surface area contributed by atoms with E-state index in [9.17, 15) is 19.6 Å². The summed E-state index contributed by atoms with van der Waals surface area (Å²) in [5, 5.41) is 31.4. The van der Waals surface area contributed by atoms with E-state index in [2.05, 4.69) is 31.2 Å². The van der Waals surface area contributed by atoms with Gasteiger partial charge in [-0.1, -0.05) is 0 Å². The first-order valence-electron chi connectivity index (χ1n) is 15.1. The Hall–Kier alpha value is -4.49. The van der Waals surface area contributed by atoms with Gasteiger partial charge in [0.25, 0.3) is 5.91 Å². The number of nitrogens with one attached hydrogen (secondary N) is 1. The molecule has 3 fully saturated rings. The van der Waals surface area contributed by atoms with Crippen molar-refractivity contribution in [3.05, 3.63) is 54.1 Å². The van der Waals surface area contributed by atoms with Crippen molar-refractivity contribution >= 4 is 23.2 Å². The number of aromatic nitrogens is 3. The largest absolute Gasteiger partial charge is 0.486 e. The van der Waals surface area contributed by atoms with Crippen LogP contribution in [0.25, 0.3) is 11.4 Å². The molecule has 2 aromatic carbocycles. The highest BCUT2D eigenvalue weighted by Gasteiger charge is 2.35. The van der Waals surface area contributed by atoms with Gasteiger partial charge in [-0.2, -0.15) is 10.2 Å². The molecule has 46 heavy (non-hydrogen) atoms. The van der Waals surface area contributed by atoms with E-state index in [1.807, 2.05) is 4.90 Å². The minimum absolute atomic E-state index is 0.127. The van der Waals surface area contributed by atoms with E-state index >= 15 is 4.39 Å². The molecule has 0 aliphatic carbocycles. The Labute approximate surface area is 264 Å². The number of piperazine rings is 1. The second-order valence-electron chi connectivity index (χ2n) is 11.4. The summed E-state index contributed by atoms with van der Waals surface area (Å²) in [4.78, 5) is 30.4. The highest BCUT2D eigenvalue weighted by Crippen LogP contribution is 2.30. The Morgan fingerprint density at radius 3 is 2.63 bits per heavy atom. The zero-order chi connectivity index (χ0) is 32.2. The van der Waals surface area contributed by atoms with Crippen LogP contribution in [0.4, 0.5) is 26.1 Å². The van der Waals surface area contributed by atoms with Crippen LogP contribution in [0, 0.1) is 17.1 Å². The molecule has 15 heteroatoms. The average Bonchev–Trinajstić information content (AvgIpc) is 3.05. The number of hydrogen-bond acceptors (Lipinski definition) is 12. The van der Waals surface area contributed by atoms with Gasteiger partial charge in [-0.3, -0.25) is 9.69 Å². The molecule has 0 radical (unpaired) electrons. The number of piperidine rings is 1. The van der Waals surface area contributed by atoms with Crippen LogP contribution < -0.4 is 15.0 Å². The van der Waals surface area contributed by atoms with Crippen molar-refractivity contribution in [2.45, 2.75) is 30.8 Å². The monoisotopic (exact) mass is 636 g/mol. The smallest absolute Gasteiger partial charge is 0.253 e. The van der Waals surface area contributed by atoms with Crippen molar-refractivity contribution in [1.82, 2.24) is 24.8 Å². The van der Waals surface area contributed by atoms with Crippen molar-refractivity contribution in [1.29, 1.82) is 5.26 Å². The molecule has 1 amide bonds. The Balaban J connectivity index is 1.09. The predicted octanol–water partition coefficient (Wildman–Crippen LogP) is 1.48. The van der Waals surface area contributed by atoms with Gasteiger partial charge in [0, 0.05) is 50.4 Å². The SMILES string of the molecule is N#Cc1cc(-c2ncnc(Nc3ccc(N4CCN(C5COC5)CC4)c(F)c3)n2)ccc1OC1CCN(C(=O)[C@@H](O)CO)C[C@H]1F. The van der Waals surface area contributed by atoms with Crippen LogP contribution in [0.2, 0.25) is 0 Å². The molecule has 0 saturated carbocycles. The fourth-order valence-electron chi connectivity index (χ4n) is 5.76. The van der Waals surface area contributed by atoms with Gasteiger partial charge in [0.1, 0.15) is 30.1 Å². The number of amides is 1. The van der Waals surface area contributed by atoms with Gasteiger partial charge in [0.05, 0.1) is 43.7 Å². The lowest BCUT2D eigenvalue weighted by Gasteiger charge is -2.43. The second-order valence-corrected chi connectivity index (χ2v) is 11.4. The number of benzene rings is 2. The van der Waals surface area contributed by atoms with E-state index in [1.54, 1.807) is 18.2 Å². The number of nitrogens with zero attached hydrogens (tertiary/aromatic N) is 7. The van der Waals surface area contributed by atoms with Gasteiger partial charge >= 0.3 is 0 Å². The lowest BCUT2D eigenvalue weighted by Crippen LogP contribution is -2.56. The number of anilines is 3. The number of halogens is 2. The highest BCUT2D eigenvalue weighted by molar-refractivity contribution is 5.81. The molecule has 6 rings (SSSR count). The Morgan fingerprint density at radius 1 is 1.15 bits per heavy atom. The van der Waals surface area contributed by atoms with Crippen LogP contribution in [0.1, 0.15) is 12.0 Å². The molecule has 3 aliphatic rings. The fourth-order valence-corrected chi connectivity index (χ4v) is 5.76. The predicted molar refractivity (Wildman–Crippen MR) is 162 cm³/mol. The summed E-state index contributed by atoms with van der Waals surface area (Å²) >= 11 is 0. The number of rotatable bonds is 9. The summed E-state index contributed by atoms with van der Waals surface area (Å²) in [6.07, 6.45) is -2.65. The number of carbonyl (C=O) groups excluding carboxylic acids is 1. The maximum atomic E-state index is 15.2. The first-order chi connectivity index (χ1) is 22.3. The molecule has 3 saturated heterocycles. The fraction of sp³-hybridized carbons (Fsp3) is 0.452. The Kier molecular flexibility index (Phi) is 9.50. The number of aliphatic hydroxyl groups excluding tert-OH is 2. The number of ether oxygens (including phenoxy) is 2. The van der Waals surface area contributed by atoms with Crippen LogP contribution >= 0.6 is 0 Å². The maximum Gasteiger partial charge on any atom is 0.253 e. The van der Waals surface area contributed by atoms with Gasteiger partial charge < -0.3 is 34.8 Å². The summed E-state index contributed by atoms with van der Waals surface area (Å²) in [7, 11) is 0. The molecule has 3 aliphatic heterocycles. The lowest BCUT2D eigenvalue weighted by molar-refractivity contribution is -0.146. The zero-order valence-electron chi connectivity index (χ0n) is 24.9. The lowest BCUT2D eigenvalue weighted by atomic mass is 10.0. The summed E-state index contributed by atoms with van der Waals surface area (Å²) < 4.78 is 41.2. The maximum absolute atomic E-state index is 15.2. The third-order valence-electron chi connectivity index (χ3n) is 8.46. The number of likely N-dealkylation sites (tertiary alicyclic amines) is 1. The molecular formula is C31H34F2N8O5. The third-order valence-corrected chi connectivity index (χ3v) is 8.46. The number of alkyl halides is 1. The summed E-state index contributed by atoms with van der Waals surface area (Å²) in [6, 6.07) is 12.1. The van der Waals surface area contributed by atoms with E-state index < -0.39 is 30.9 Å². The van der Waals surface area contributed by atoms with Gasteiger partial charge in [-0.05, 0) is 36.4 Å². The minimum atomic E-state index is -1.60. The molecule has 242 valence electrons. The molecule has 0 bridgehead atoms. The first-order valence-corrected chi connectivity index (χ1v) is 15.1. The molecule has 1 aromatic heterocycles. The molecule has 3 atom stereocenters. The Morgan fingerprint density at radius 2 is 1.96 bits per heavy atom. The standard InChI is InChI=1S/C31H34F2N8O5/c32-23-12-21(2-3-25(23)40-9-7-39(8-10-40)22-16-45-17-22)37-31-36-18-35-29(38-31)19-1-4-27(20(11-19)13-34)46-28-5-6-41(14-24(28)33)30(44)26(43)15-42/h1-4,11-12,18,22,24,26,28,42-43H,5-10,14-17H2,(H,35,36,37,38)/t24-,26+,28?/m1/s1. The molecular weight excluding hydrogens is 602 g/mol. The molecule has 0 spiro atoms. The van der Waals surface area contributed by atoms with Gasteiger partial charge in [-0.15, -0.1) is 0 Å². The number of nitriles is 1. The van der Waals surface area contributed by atoms with Crippen LogP contribution in [-0.2, 0) is 9.53 Å². The molecule has 1 unspecified atom stereocenters. The normalized spacial score (nSPS) is 21.3. The number of hydrogen-bond donors (Lipinski definition) is 3. The summed E-state index contributed by atoms with van der Waals surface area (Å²) in [6.45, 7) is 3.79. The first kappa shape index (κ1) is 31.5. The topological polar surface area (TPSA) is 160 Å². The van der Waals surface area contributed by atoms with E-state index in [1.165, 1.54) is 24.5 Å². The molecule has 3 aromatic rings. The van der Waals surface area contributed by atoms with Gasteiger partial charge in [0.2, 0.25) is 5.95 Å². The van der Waals surface area contributed by atoms with E-state index in [0.29, 0.717) is 23.0 Å². The van der Waals surface area contributed by atoms with Crippen LogP contribution in [0.15, 0.2) is 42.7 Å². The van der Waals surface area contributed by atoms with Gasteiger partial charge in [0.15, 0.2) is 18.1 Å². The van der Waals surface area contributed by atoms with Gasteiger partial charge in [-0.25, -0.2) is 18.7 Å². The van der Waals surface area contributed by atoms with Crippen molar-refractivity contribution in [2.75, 3.05) is 69.3 Å². The van der Waals surface area contributed by atoms with Crippen molar-refractivity contribution in [2.24, 2.45) is 0 Å². The summed E-state index contributed by atoms with van der Waals surface area (Å²) in [5.74, 6) is -0.506. The third kappa shape index (κ3) is 6.85. The average molecular weight is 637 g/mol. The summed E-state index contributed by atoms with van der Waals surface area (Å²) in [5.41, 5.74) is 1.62. The van der Waals surface area contributed by atoms with E-state index in [0.717, 1.165) is 44.3 Å². The van der Waals surface area contributed by atoms with E-state index in [4.69, 9.17) is 14.6 Å². The Bertz CT molecular complexity index is 1600. The van der Waals surface area contributed by atoms with Crippen LogP contribution in [0.5, 0.6) is 5.75 Å². The molecule has 13 nitrogen and oxygen atoms in total. The number of carbonyl (C=O) groups is 1. The minimum Gasteiger partial charge on any atom is -0.486 e. The number of aliphatic hydroxyl groups is 2.